The van der Waals surface area contributed by atoms with Crippen molar-refractivity contribution in [3.05, 3.63) is 28.2 Å². The first kappa shape index (κ1) is 8.33. The highest BCUT2D eigenvalue weighted by molar-refractivity contribution is 7.80. The highest BCUT2D eigenvalue weighted by Crippen LogP contribution is 1.86. The molecule has 0 saturated heterocycles. The van der Waals surface area contributed by atoms with Crippen LogP contribution in [0.3, 0.4) is 0 Å². The van der Waals surface area contributed by atoms with E-state index in [0.29, 0.717) is 12.3 Å². The molecule has 0 atom stereocenters. The van der Waals surface area contributed by atoms with Gasteiger partial charge < -0.3 is 0 Å². The van der Waals surface area contributed by atoms with Gasteiger partial charge >= 0.3 is 0 Å². The predicted octanol–water partition coefficient (Wildman–Crippen LogP) is 0.482. The van der Waals surface area contributed by atoms with Gasteiger partial charge in [-0.3, -0.25) is 4.79 Å². The van der Waals surface area contributed by atoms with E-state index in [1.807, 2.05) is 6.92 Å². The molecule has 0 amide bonds. The van der Waals surface area contributed by atoms with Crippen molar-refractivity contribution in [1.29, 1.82) is 0 Å². The van der Waals surface area contributed by atoms with Crippen LogP contribution >= 0.6 is 12.6 Å². The largest absolute Gasteiger partial charge is 0.268 e. The summed E-state index contributed by atoms with van der Waals surface area (Å²) in [6.45, 7) is 2.42. The van der Waals surface area contributed by atoms with Gasteiger partial charge in [0.1, 0.15) is 0 Å². The summed E-state index contributed by atoms with van der Waals surface area (Å²) >= 11 is 4.01. The standard InChI is InChI=1S/C7H10N2OS/c1-6-4-7(10)9(2-3-11)8-5-6/h4-5,11H,2-3H2,1H3. The number of hydrogen-bond acceptors (Lipinski definition) is 3. The van der Waals surface area contributed by atoms with Crippen LogP contribution in [0, 0.1) is 6.92 Å². The highest BCUT2D eigenvalue weighted by Gasteiger charge is 1.94. The van der Waals surface area contributed by atoms with E-state index in [-0.39, 0.29) is 5.56 Å². The van der Waals surface area contributed by atoms with E-state index in [0.717, 1.165) is 5.56 Å². The van der Waals surface area contributed by atoms with Crippen LogP contribution in [0.15, 0.2) is 17.1 Å². The van der Waals surface area contributed by atoms with E-state index in [4.69, 9.17) is 0 Å². The summed E-state index contributed by atoms with van der Waals surface area (Å²) in [6.07, 6.45) is 1.67. The molecule has 0 aliphatic rings. The minimum atomic E-state index is -0.0564. The summed E-state index contributed by atoms with van der Waals surface area (Å²) in [4.78, 5) is 11.1. The van der Waals surface area contributed by atoms with Crippen LogP contribution < -0.4 is 5.56 Å². The van der Waals surface area contributed by atoms with Crippen molar-refractivity contribution < 1.29 is 0 Å². The lowest BCUT2D eigenvalue weighted by molar-refractivity contribution is 0.619. The molecule has 1 aromatic rings. The molecule has 0 radical (unpaired) electrons. The SMILES string of the molecule is Cc1cnn(CCS)c(=O)c1. The fourth-order valence-corrected chi connectivity index (χ4v) is 0.976. The Morgan fingerprint density at radius 1 is 1.73 bits per heavy atom. The molecule has 1 heterocycles. The van der Waals surface area contributed by atoms with E-state index in [1.165, 1.54) is 4.68 Å². The van der Waals surface area contributed by atoms with E-state index in [9.17, 15) is 4.79 Å². The van der Waals surface area contributed by atoms with E-state index >= 15 is 0 Å². The molecule has 0 aliphatic heterocycles. The molecule has 60 valence electrons. The average molecular weight is 170 g/mol. The molecule has 1 rings (SSSR count). The fraction of sp³-hybridized carbons (Fsp3) is 0.429. The third kappa shape index (κ3) is 2.08. The Morgan fingerprint density at radius 2 is 2.45 bits per heavy atom. The first-order chi connectivity index (χ1) is 5.24. The molecule has 4 heteroatoms. The van der Waals surface area contributed by atoms with Gasteiger partial charge in [0.2, 0.25) is 0 Å². The molecule has 0 unspecified atom stereocenters. The molecule has 0 N–H and O–H groups in total. The van der Waals surface area contributed by atoms with Gasteiger partial charge in [0.05, 0.1) is 12.7 Å². The summed E-state index contributed by atoms with van der Waals surface area (Å²) in [5.41, 5.74) is 0.837. The molecular weight excluding hydrogens is 160 g/mol. The molecule has 0 bridgehead atoms. The van der Waals surface area contributed by atoms with Crippen LogP contribution in [0.2, 0.25) is 0 Å². The smallest absolute Gasteiger partial charge is 0.267 e. The lowest BCUT2D eigenvalue weighted by atomic mass is 10.3. The molecule has 1 aromatic heterocycles. The van der Waals surface area contributed by atoms with Gasteiger partial charge in [-0.1, -0.05) is 0 Å². The summed E-state index contributed by atoms with van der Waals surface area (Å²) in [5.74, 6) is 0.635. The molecule has 0 aromatic carbocycles. The van der Waals surface area contributed by atoms with E-state index < -0.39 is 0 Å². The first-order valence-corrected chi connectivity index (χ1v) is 4.02. The summed E-state index contributed by atoms with van der Waals surface area (Å²) in [5, 5.41) is 3.92. The van der Waals surface area contributed by atoms with Crippen molar-refractivity contribution in [2.24, 2.45) is 0 Å². The molecule has 0 fully saturated rings. The number of aryl methyl sites for hydroxylation is 2. The van der Waals surface area contributed by atoms with Crippen LogP contribution in [-0.4, -0.2) is 15.5 Å². The van der Waals surface area contributed by atoms with Crippen LogP contribution in [0.25, 0.3) is 0 Å². The maximum absolute atomic E-state index is 11.1. The fourth-order valence-electron chi connectivity index (χ4n) is 0.787. The Labute approximate surface area is 70.5 Å². The normalized spacial score (nSPS) is 10.0. The van der Waals surface area contributed by atoms with Crippen molar-refractivity contribution in [2.75, 3.05) is 5.75 Å². The number of hydrogen-bond donors (Lipinski definition) is 1. The third-order valence-corrected chi connectivity index (χ3v) is 1.52. The maximum Gasteiger partial charge on any atom is 0.267 e. The Kier molecular flexibility index (Phi) is 2.70. The molecule has 3 nitrogen and oxygen atoms in total. The molecule has 0 saturated carbocycles. The first-order valence-electron chi connectivity index (χ1n) is 3.38. The minimum absolute atomic E-state index is 0.0564. The van der Waals surface area contributed by atoms with E-state index in [1.54, 1.807) is 12.3 Å². The molecule has 0 aliphatic carbocycles. The zero-order valence-electron chi connectivity index (χ0n) is 6.32. The van der Waals surface area contributed by atoms with Crippen molar-refractivity contribution in [1.82, 2.24) is 9.78 Å². The number of nitrogens with zero attached hydrogens (tertiary/aromatic N) is 2. The Morgan fingerprint density at radius 3 is 3.00 bits per heavy atom. The molecule has 0 spiro atoms. The van der Waals surface area contributed by atoms with Crippen molar-refractivity contribution in [2.45, 2.75) is 13.5 Å². The Balaban J connectivity index is 3.00. The lowest BCUT2D eigenvalue weighted by Crippen LogP contribution is -2.22. The Bertz CT molecular complexity index is 295. The maximum atomic E-state index is 11.1. The molecule has 11 heavy (non-hydrogen) atoms. The molecular formula is C7H10N2OS. The van der Waals surface area contributed by atoms with Crippen LogP contribution in [0.1, 0.15) is 5.56 Å². The van der Waals surface area contributed by atoms with Gasteiger partial charge in [0.15, 0.2) is 0 Å². The van der Waals surface area contributed by atoms with Gasteiger partial charge in [0.25, 0.3) is 5.56 Å². The highest BCUT2D eigenvalue weighted by atomic mass is 32.1. The minimum Gasteiger partial charge on any atom is -0.268 e. The zero-order chi connectivity index (χ0) is 8.27. The van der Waals surface area contributed by atoms with Crippen LogP contribution in [-0.2, 0) is 6.54 Å². The van der Waals surface area contributed by atoms with Crippen molar-refractivity contribution >= 4 is 12.6 Å². The average Bonchev–Trinajstić information content (AvgIpc) is 1.95. The second-order valence-electron chi connectivity index (χ2n) is 2.32. The van der Waals surface area contributed by atoms with Gasteiger partial charge in [-0.15, -0.1) is 0 Å². The zero-order valence-corrected chi connectivity index (χ0v) is 7.21. The summed E-state index contributed by atoms with van der Waals surface area (Å²) < 4.78 is 1.40. The lowest BCUT2D eigenvalue weighted by Gasteiger charge is -1.99. The van der Waals surface area contributed by atoms with Crippen molar-refractivity contribution in [3.63, 3.8) is 0 Å². The van der Waals surface area contributed by atoms with Gasteiger partial charge in [0, 0.05) is 11.8 Å². The van der Waals surface area contributed by atoms with Crippen molar-refractivity contribution in [3.8, 4) is 0 Å². The number of aromatic nitrogens is 2. The third-order valence-electron chi connectivity index (χ3n) is 1.32. The Hall–Kier alpha value is -0.770. The topological polar surface area (TPSA) is 34.9 Å². The summed E-state index contributed by atoms with van der Waals surface area (Å²) in [7, 11) is 0. The second-order valence-corrected chi connectivity index (χ2v) is 2.77. The van der Waals surface area contributed by atoms with Crippen LogP contribution in [0.5, 0.6) is 0 Å². The van der Waals surface area contributed by atoms with Gasteiger partial charge in [-0.05, 0) is 12.5 Å². The van der Waals surface area contributed by atoms with E-state index in [2.05, 4.69) is 17.7 Å². The van der Waals surface area contributed by atoms with Gasteiger partial charge in [-0.2, -0.15) is 17.7 Å². The number of rotatable bonds is 2. The monoisotopic (exact) mass is 170 g/mol. The van der Waals surface area contributed by atoms with Gasteiger partial charge in [-0.25, -0.2) is 4.68 Å². The summed E-state index contributed by atoms with van der Waals surface area (Å²) in [6, 6.07) is 1.57. The quantitative estimate of drug-likeness (QED) is 0.655. The predicted molar refractivity (Wildman–Crippen MR) is 47.1 cm³/mol. The second kappa shape index (κ2) is 3.57. The van der Waals surface area contributed by atoms with Crippen LogP contribution in [0.4, 0.5) is 0 Å². The number of thiol groups is 1.